The van der Waals surface area contributed by atoms with E-state index in [0.717, 1.165) is 19.4 Å². The minimum atomic E-state index is -0.0419. The number of carbonyl (C=O) groups excluding carboxylic acids is 1. The van der Waals surface area contributed by atoms with Crippen LogP contribution >= 0.6 is 0 Å². The number of amides is 2. The summed E-state index contributed by atoms with van der Waals surface area (Å²) in [6.07, 6.45) is 4.59. The fourth-order valence-electron chi connectivity index (χ4n) is 2.66. The van der Waals surface area contributed by atoms with Crippen molar-refractivity contribution in [1.29, 1.82) is 0 Å². The first-order valence-corrected chi connectivity index (χ1v) is 7.90. The lowest BCUT2D eigenvalue weighted by molar-refractivity contribution is 0.0418. The van der Waals surface area contributed by atoms with Crippen molar-refractivity contribution >= 4 is 6.03 Å². The predicted molar refractivity (Wildman–Crippen MR) is 77.7 cm³/mol. The number of hydrogen-bond acceptors (Lipinski definition) is 3. The van der Waals surface area contributed by atoms with E-state index in [2.05, 4.69) is 24.5 Å². The monoisotopic (exact) mass is 284 g/mol. The van der Waals surface area contributed by atoms with E-state index in [1.165, 1.54) is 12.8 Å². The minimum Gasteiger partial charge on any atom is -0.379 e. The van der Waals surface area contributed by atoms with Gasteiger partial charge in [-0.2, -0.15) is 0 Å². The molecule has 0 aromatic heterocycles. The molecule has 5 heteroatoms. The van der Waals surface area contributed by atoms with Gasteiger partial charge in [-0.1, -0.05) is 13.8 Å². The fraction of sp³-hybridized carbons (Fsp3) is 0.933. The Kier molecular flexibility index (Phi) is 6.10. The Balaban J connectivity index is 1.51. The van der Waals surface area contributed by atoms with Crippen LogP contribution in [0.2, 0.25) is 0 Å². The second-order valence-corrected chi connectivity index (χ2v) is 6.22. The van der Waals surface area contributed by atoms with Gasteiger partial charge in [0.1, 0.15) is 0 Å². The quantitative estimate of drug-likeness (QED) is 0.669. The Bertz CT molecular complexity index is 297. The van der Waals surface area contributed by atoms with E-state index in [9.17, 15) is 4.79 Å². The van der Waals surface area contributed by atoms with Crippen LogP contribution in [0, 0.1) is 11.8 Å². The molecule has 2 rings (SSSR count). The average molecular weight is 284 g/mol. The molecule has 2 unspecified atom stereocenters. The average Bonchev–Trinajstić information content (AvgIpc) is 3.12. The molecule has 1 heterocycles. The van der Waals surface area contributed by atoms with Gasteiger partial charge in [-0.05, 0) is 37.5 Å². The smallest absolute Gasteiger partial charge is 0.315 e. The molecule has 2 atom stereocenters. The van der Waals surface area contributed by atoms with Crippen molar-refractivity contribution in [3.63, 3.8) is 0 Å². The van der Waals surface area contributed by atoms with Crippen LogP contribution < -0.4 is 10.6 Å². The topological polar surface area (TPSA) is 59.6 Å². The molecule has 1 saturated carbocycles. The zero-order valence-electron chi connectivity index (χ0n) is 12.7. The first kappa shape index (κ1) is 15.6. The number of ether oxygens (including phenoxy) is 2. The zero-order valence-corrected chi connectivity index (χ0v) is 12.7. The second-order valence-electron chi connectivity index (χ2n) is 6.22. The predicted octanol–water partition coefficient (Wildman–Crippen LogP) is 1.92. The number of carbonyl (C=O) groups is 1. The van der Waals surface area contributed by atoms with Gasteiger partial charge in [0, 0.05) is 25.8 Å². The summed E-state index contributed by atoms with van der Waals surface area (Å²) in [5.41, 5.74) is 0. The third kappa shape index (κ3) is 5.29. The summed E-state index contributed by atoms with van der Waals surface area (Å²) in [6.45, 7) is 7.20. The van der Waals surface area contributed by atoms with Gasteiger partial charge >= 0.3 is 6.03 Å². The van der Waals surface area contributed by atoms with Gasteiger partial charge < -0.3 is 20.1 Å². The van der Waals surface area contributed by atoms with E-state index in [-0.39, 0.29) is 12.1 Å². The molecule has 116 valence electrons. The maximum Gasteiger partial charge on any atom is 0.315 e. The van der Waals surface area contributed by atoms with Crippen LogP contribution in [0.3, 0.4) is 0 Å². The Morgan fingerprint density at radius 1 is 1.35 bits per heavy atom. The number of hydrogen-bond donors (Lipinski definition) is 2. The second kappa shape index (κ2) is 7.84. The van der Waals surface area contributed by atoms with Gasteiger partial charge in [0.25, 0.3) is 0 Å². The molecule has 20 heavy (non-hydrogen) atoms. The number of urea groups is 1. The zero-order chi connectivity index (χ0) is 14.4. The number of nitrogens with one attached hydrogen (secondary N) is 2. The van der Waals surface area contributed by atoms with E-state index in [1.54, 1.807) is 0 Å². The molecular weight excluding hydrogens is 256 g/mol. The van der Waals surface area contributed by atoms with Crippen LogP contribution in [0.1, 0.15) is 39.5 Å². The maximum absolute atomic E-state index is 11.8. The lowest BCUT2D eigenvalue weighted by Crippen LogP contribution is -2.46. The summed E-state index contributed by atoms with van der Waals surface area (Å²) in [5, 5.41) is 6.01. The molecule has 0 bridgehead atoms. The summed E-state index contributed by atoms with van der Waals surface area (Å²) < 4.78 is 10.9. The van der Waals surface area contributed by atoms with Gasteiger partial charge in [0.15, 0.2) is 0 Å². The van der Waals surface area contributed by atoms with Crippen molar-refractivity contribution in [2.45, 2.75) is 51.7 Å². The van der Waals surface area contributed by atoms with Crippen molar-refractivity contribution < 1.29 is 14.3 Å². The molecule has 0 aromatic carbocycles. The van der Waals surface area contributed by atoms with Crippen molar-refractivity contribution in [2.75, 3.05) is 26.4 Å². The molecule has 1 aliphatic carbocycles. The lowest BCUT2D eigenvalue weighted by atomic mass is 10.00. The summed E-state index contributed by atoms with van der Waals surface area (Å²) in [7, 11) is 0. The number of rotatable bonds is 8. The van der Waals surface area contributed by atoms with Gasteiger partial charge in [-0.15, -0.1) is 0 Å². The summed E-state index contributed by atoms with van der Waals surface area (Å²) in [4.78, 5) is 11.8. The van der Waals surface area contributed by atoms with E-state index in [4.69, 9.17) is 9.47 Å². The SMILES string of the molecule is CC(C)C(NC(=O)NCCCOC1CCOC1)C1CC1. The summed E-state index contributed by atoms with van der Waals surface area (Å²) in [6, 6.07) is 0.279. The summed E-state index contributed by atoms with van der Waals surface area (Å²) in [5.74, 6) is 1.19. The molecule has 0 spiro atoms. The molecule has 1 saturated heterocycles. The van der Waals surface area contributed by atoms with Crippen molar-refractivity contribution in [3.8, 4) is 0 Å². The first-order chi connectivity index (χ1) is 9.66. The third-order valence-corrected chi connectivity index (χ3v) is 3.99. The van der Waals surface area contributed by atoms with E-state index in [1.807, 2.05) is 0 Å². The maximum atomic E-state index is 11.8. The minimum absolute atomic E-state index is 0.0419. The van der Waals surface area contributed by atoms with Crippen LogP contribution in [-0.4, -0.2) is 44.5 Å². The molecule has 2 amide bonds. The molecule has 5 nitrogen and oxygen atoms in total. The highest BCUT2D eigenvalue weighted by Gasteiger charge is 2.34. The van der Waals surface area contributed by atoms with Crippen molar-refractivity contribution in [3.05, 3.63) is 0 Å². The van der Waals surface area contributed by atoms with Crippen molar-refractivity contribution in [2.24, 2.45) is 11.8 Å². The van der Waals surface area contributed by atoms with Gasteiger partial charge in [-0.3, -0.25) is 0 Å². The molecule has 0 aromatic rings. The van der Waals surface area contributed by atoms with Gasteiger partial charge in [0.2, 0.25) is 0 Å². The van der Waals surface area contributed by atoms with Crippen LogP contribution in [0.15, 0.2) is 0 Å². The normalized spacial score (nSPS) is 23.9. The van der Waals surface area contributed by atoms with Crippen LogP contribution in [-0.2, 0) is 9.47 Å². The Morgan fingerprint density at radius 2 is 2.15 bits per heavy atom. The highest BCUT2D eigenvalue weighted by Crippen LogP contribution is 2.35. The first-order valence-electron chi connectivity index (χ1n) is 7.90. The Hall–Kier alpha value is -0.810. The fourth-order valence-corrected chi connectivity index (χ4v) is 2.66. The molecular formula is C15H28N2O3. The van der Waals surface area contributed by atoms with Gasteiger partial charge in [0.05, 0.1) is 12.7 Å². The van der Waals surface area contributed by atoms with E-state index < -0.39 is 0 Å². The Labute approximate surface area is 121 Å². The molecule has 1 aliphatic heterocycles. The largest absolute Gasteiger partial charge is 0.379 e. The third-order valence-electron chi connectivity index (χ3n) is 3.99. The molecule has 0 radical (unpaired) electrons. The van der Waals surface area contributed by atoms with E-state index in [0.29, 0.717) is 37.6 Å². The molecule has 2 fully saturated rings. The molecule has 2 N–H and O–H groups in total. The van der Waals surface area contributed by atoms with Crippen LogP contribution in [0.4, 0.5) is 4.79 Å². The standard InChI is InChI=1S/C15H28N2O3/c1-11(2)14(12-4-5-12)17-15(18)16-7-3-8-20-13-6-9-19-10-13/h11-14H,3-10H2,1-2H3,(H2,16,17,18). The van der Waals surface area contributed by atoms with Crippen molar-refractivity contribution in [1.82, 2.24) is 10.6 Å². The lowest BCUT2D eigenvalue weighted by Gasteiger charge is -2.22. The highest BCUT2D eigenvalue weighted by atomic mass is 16.5. The summed E-state index contributed by atoms with van der Waals surface area (Å²) >= 11 is 0. The molecule has 2 aliphatic rings. The van der Waals surface area contributed by atoms with E-state index >= 15 is 0 Å². The Morgan fingerprint density at radius 3 is 2.75 bits per heavy atom. The van der Waals surface area contributed by atoms with Gasteiger partial charge in [-0.25, -0.2) is 4.79 Å². The van der Waals surface area contributed by atoms with Crippen LogP contribution in [0.5, 0.6) is 0 Å². The van der Waals surface area contributed by atoms with Crippen LogP contribution in [0.25, 0.3) is 0 Å². The highest BCUT2D eigenvalue weighted by molar-refractivity contribution is 5.74.